The van der Waals surface area contributed by atoms with Gasteiger partial charge in [-0.25, -0.2) is 0 Å². The molecule has 0 aliphatic heterocycles. The van der Waals surface area contributed by atoms with Crippen LogP contribution in [0.3, 0.4) is 0 Å². The summed E-state index contributed by atoms with van der Waals surface area (Å²) in [5, 5.41) is 44.7. The second-order valence-corrected chi connectivity index (χ2v) is 12.3. The lowest BCUT2D eigenvalue weighted by Gasteiger charge is -2.21. The number of rotatable bonds is 5. The summed E-state index contributed by atoms with van der Waals surface area (Å²) in [6, 6.07) is 2.05. The number of benzene rings is 4. The lowest BCUT2D eigenvalue weighted by atomic mass is 9.82. The zero-order valence-electron chi connectivity index (χ0n) is 23.8. The maximum Gasteiger partial charge on any atom is 0.229 e. The van der Waals surface area contributed by atoms with Gasteiger partial charge in [-0.1, -0.05) is 51.4 Å². The van der Waals surface area contributed by atoms with Crippen molar-refractivity contribution in [2.75, 3.05) is 0 Å². The molecule has 2 fully saturated rings. The van der Waals surface area contributed by atoms with Crippen LogP contribution in [0.25, 0.3) is 33.0 Å². The van der Waals surface area contributed by atoms with Gasteiger partial charge in [0.1, 0.15) is 11.5 Å². The number of aromatic hydroxyl groups is 4. The van der Waals surface area contributed by atoms with Crippen LogP contribution in [-0.2, 0) is 12.8 Å². The van der Waals surface area contributed by atoms with Gasteiger partial charge < -0.3 is 20.4 Å². The SMILES string of the molecule is Cc1c(-c2c(C)c(=O)c3c(CC4CCCC4)c(=O)c(=O)cc-3c2=O)c(O)c2cc(O)c(O)c(CC3CCCC3)c2c1O. The maximum atomic E-state index is 14.1. The molecule has 0 heterocycles. The minimum absolute atomic E-state index is 0.00968. The molecule has 0 aromatic heterocycles. The topological polar surface area (TPSA) is 149 Å². The van der Waals surface area contributed by atoms with Crippen molar-refractivity contribution >= 4 is 10.8 Å². The zero-order chi connectivity index (χ0) is 30.0. The summed E-state index contributed by atoms with van der Waals surface area (Å²) in [4.78, 5) is 53.6. The first kappa shape index (κ1) is 27.9. The van der Waals surface area contributed by atoms with E-state index in [1.54, 1.807) is 0 Å². The van der Waals surface area contributed by atoms with E-state index in [2.05, 4.69) is 0 Å². The summed E-state index contributed by atoms with van der Waals surface area (Å²) >= 11 is 0. The lowest BCUT2D eigenvalue weighted by Crippen LogP contribution is -2.35. The van der Waals surface area contributed by atoms with Gasteiger partial charge in [-0.15, -0.1) is 0 Å². The fourth-order valence-electron chi connectivity index (χ4n) is 7.53. The molecule has 4 N–H and O–H groups in total. The molecule has 0 radical (unpaired) electrons. The number of phenolic OH excluding ortho intramolecular Hbond substituents is 4. The van der Waals surface area contributed by atoms with Gasteiger partial charge in [0.05, 0.1) is 0 Å². The summed E-state index contributed by atoms with van der Waals surface area (Å²) in [6.07, 6.45) is 8.42. The number of fused-ring (bicyclic) bond motifs is 2. The third kappa shape index (κ3) is 4.18. The van der Waals surface area contributed by atoms with Crippen LogP contribution >= 0.6 is 0 Å². The summed E-state index contributed by atoms with van der Waals surface area (Å²) in [5.74, 6) is -1.16. The average Bonchev–Trinajstić information content (AvgIpc) is 3.67. The lowest BCUT2D eigenvalue weighted by molar-refractivity contribution is 0.395. The van der Waals surface area contributed by atoms with Crippen molar-refractivity contribution in [1.29, 1.82) is 0 Å². The Bertz CT molecular complexity index is 1930. The monoisotopic (exact) mass is 570 g/mol. The Morgan fingerprint density at radius 3 is 1.79 bits per heavy atom. The standard InChI is InChI=1S/C34H34O8/c1-15-25(33(41)21-13-23(35)31(39)19(27(21)29(15)37)11-17-7-3-4-8-17)26-16(2)30(38)28-20(12-18-9-5-6-10-18)32(40)24(36)14-22(28)34(26)42/h13-14,17-18,35,37,39,41H,3-12H2,1-2H3. The molecular weight excluding hydrogens is 536 g/mol. The molecule has 42 heavy (non-hydrogen) atoms. The average molecular weight is 571 g/mol. The van der Waals surface area contributed by atoms with Crippen LogP contribution in [-0.4, -0.2) is 20.4 Å². The number of hydrogen-bond donors (Lipinski definition) is 4. The van der Waals surface area contributed by atoms with Crippen LogP contribution < -0.4 is 21.7 Å². The second kappa shape index (κ2) is 10.3. The largest absolute Gasteiger partial charge is 0.507 e. The van der Waals surface area contributed by atoms with Crippen LogP contribution in [0.2, 0.25) is 0 Å². The van der Waals surface area contributed by atoms with Crippen LogP contribution in [0, 0.1) is 25.7 Å². The first-order chi connectivity index (χ1) is 20.0. The van der Waals surface area contributed by atoms with Gasteiger partial charge >= 0.3 is 0 Å². The predicted molar refractivity (Wildman–Crippen MR) is 161 cm³/mol. The molecule has 4 aliphatic rings. The van der Waals surface area contributed by atoms with E-state index in [4.69, 9.17) is 0 Å². The fraction of sp³-hybridized carbons (Fsp3) is 0.412. The third-order valence-electron chi connectivity index (χ3n) is 9.78. The maximum absolute atomic E-state index is 14.1. The Morgan fingerprint density at radius 2 is 1.19 bits per heavy atom. The van der Waals surface area contributed by atoms with Crippen molar-refractivity contribution in [3.8, 4) is 45.3 Å². The van der Waals surface area contributed by atoms with E-state index >= 15 is 0 Å². The number of phenols is 4. The molecule has 0 bridgehead atoms. The molecule has 8 heteroatoms. The van der Waals surface area contributed by atoms with E-state index in [0.29, 0.717) is 12.0 Å². The highest BCUT2D eigenvalue weighted by molar-refractivity contribution is 6.05. The van der Waals surface area contributed by atoms with Gasteiger partial charge in [0.25, 0.3) is 0 Å². The Labute approximate surface area is 241 Å². The molecule has 2 aromatic rings. The van der Waals surface area contributed by atoms with Crippen molar-refractivity contribution < 1.29 is 20.4 Å². The highest BCUT2D eigenvalue weighted by Crippen LogP contribution is 2.50. The van der Waals surface area contributed by atoms with Crippen molar-refractivity contribution in [3.63, 3.8) is 0 Å². The molecule has 2 aromatic carbocycles. The quantitative estimate of drug-likeness (QED) is 0.151. The molecule has 8 nitrogen and oxygen atoms in total. The minimum atomic E-state index is -0.860. The Kier molecular flexibility index (Phi) is 6.83. The van der Waals surface area contributed by atoms with Gasteiger partial charge in [-0.3, -0.25) is 19.2 Å². The van der Waals surface area contributed by atoms with Crippen LogP contribution in [0.5, 0.6) is 23.0 Å². The van der Waals surface area contributed by atoms with Crippen LogP contribution in [0.15, 0.2) is 31.3 Å². The summed E-state index contributed by atoms with van der Waals surface area (Å²) in [5.41, 5.74) is -2.85. The fourth-order valence-corrected chi connectivity index (χ4v) is 7.53. The third-order valence-corrected chi connectivity index (χ3v) is 9.78. The summed E-state index contributed by atoms with van der Waals surface area (Å²) < 4.78 is 0. The molecule has 2 saturated carbocycles. The van der Waals surface area contributed by atoms with Gasteiger partial charge in [-0.05, 0) is 44.6 Å². The van der Waals surface area contributed by atoms with Crippen molar-refractivity contribution in [3.05, 3.63) is 75.3 Å². The molecule has 0 atom stereocenters. The first-order valence-corrected chi connectivity index (χ1v) is 14.8. The highest BCUT2D eigenvalue weighted by atomic mass is 16.3. The van der Waals surface area contributed by atoms with E-state index < -0.39 is 33.2 Å². The summed E-state index contributed by atoms with van der Waals surface area (Å²) in [7, 11) is 0. The first-order valence-electron chi connectivity index (χ1n) is 14.8. The van der Waals surface area contributed by atoms with E-state index in [1.807, 2.05) is 0 Å². The number of hydrogen-bond acceptors (Lipinski definition) is 8. The smallest absolute Gasteiger partial charge is 0.229 e. The van der Waals surface area contributed by atoms with E-state index in [9.17, 15) is 39.6 Å². The molecule has 6 rings (SSSR count). The molecule has 218 valence electrons. The molecule has 0 unspecified atom stereocenters. The predicted octanol–water partition coefficient (Wildman–Crippen LogP) is 4.83. The molecule has 4 aliphatic carbocycles. The Hall–Kier alpha value is -4.20. The van der Waals surface area contributed by atoms with E-state index in [0.717, 1.165) is 63.5 Å². The van der Waals surface area contributed by atoms with Crippen molar-refractivity contribution in [2.45, 2.75) is 78.1 Å². The van der Waals surface area contributed by atoms with Gasteiger partial charge in [0.2, 0.25) is 10.9 Å². The molecular formula is C34H34O8. The van der Waals surface area contributed by atoms with Gasteiger partial charge in [0, 0.05) is 61.3 Å². The van der Waals surface area contributed by atoms with Crippen LogP contribution in [0.4, 0.5) is 0 Å². The van der Waals surface area contributed by atoms with E-state index in [-0.39, 0.29) is 79.5 Å². The normalized spacial score (nSPS) is 16.3. The van der Waals surface area contributed by atoms with Crippen molar-refractivity contribution in [2.24, 2.45) is 11.8 Å². The van der Waals surface area contributed by atoms with Gasteiger partial charge in [-0.2, -0.15) is 0 Å². The zero-order valence-corrected chi connectivity index (χ0v) is 23.8. The minimum Gasteiger partial charge on any atom is -0.507 e. The van der Waals surface area contributed by atoms with E-state index in [1.165, 1.54) is 13.8 Å². The van der Waals surface area contributed by atoms with Gasteiger partial charge in [0.15, 0.2) is 22.4 Å². The van der Waals surface area contributed by atoms with Crippen LogP contribution in [0.1, 0.15) is 73.6 Å². The Balaban J connectivity index is 1.64. The molecule has 0 amide bonds. The highest BCUT2D eigenvalue weighted by Gasteiger charge is 2.32. The Morgan fingerprint density at radius 1 is 0.619 bits per heavy atom. The summed E-state index contributed by atoms with van der Waals surface area (Å²) in [6.45, 7) is 2.94. The second-order valence-electron chi connectivity index (χ2n) is 12.3. The molecule has 0 saturated heterocycles. The van der Waals surface area contributed by atoms with Crippen molar-refractivity contribution in [1.82, 2.24) is 0 Å². The molecule has 0 spiro atoms.